The number of amides is 1. The number of carbonyl (C=O) groups excluding carboxylic acids is 2. The van der Waals surface area contributed by atoms with Gasteiger partial charge in [0.25, 0.3) is 11.5 Å². The van der Waals surface area contributed by atoms with Gasteiger partial charge in [0.05, 0.1) is 12.1 Å². The Morgan fingerprint density at radius 3 is 2.47 bits per heavy atom. The highest BCUT2D eigenvalue weighted by Gasteiger charge is 2.18. The number of pyridine rings is 1. The molecule has 0 saturated carbocycles. The highest BCUT2D eigenvalue weighted by molar-refractivity contribution is 7.19. The van der Waals surface area contributed by atoms with Crippen molar-refractivity contribution >= 4 is 28.0 Å². The van der Waals surface area contributed by atoms with Crippen LogP contribution < -0.4 is 21.9 Å². The molecule has 3 aromatic heterocycles. The number of fused-ring (bicyclic) bond motifs is 1. The monoisotopic (exact) mass is 507 g/mol. The molecule has 0 aliphatic carbocycles. The summed E-state index contributed by atoms with van der Waals surface area (Å²) in [5.41, 5.74) is 1.35. The fourth-order valence-corrected chi connectivity index (χ4v) is 4.54. The summed E-state index contributed by atoms with van der Waals surface area (Å²) < 4.78 is 7.60. The minimum absolute atomic E-state index is 0.0238. The molecule has 2 N–H and O–H groups in total. The van der Waals surface area contributed by atoms with Gasteiger partial charge in [0.1, 0.15) is 16.3 Å². The molecule has 0 atom stereocenters. The normalized spacial score (nSPS) is 10.9. The maximum absolute atomic E-state index is 13.2. The van der Waals surface area contributed by atoms with Crippen LogP contribution in [0.25, 0.3) is 4.83 Å². The van der Waals surface area contributed by atoms with Crippen LogP contribution in [0, 0.1) is 6.92 Å². The molecule has 36 heavy (non-hydrogen) atoms. The van der Waals surface area contributed by atoms with E-state index in [9.17, 15) is 19.2 Å². The molecule has 0 unspecified atom stereocenters. The Labute approximate surface area is 210 Å². The number of benzene rings is 1. The third-order valence-electron chi connectivity index (χ3n) is 5.54. The minimum atomic E-state index is -0.541. The van der Waals surface area contributed by atoms with Crippen LogP contribution in [0.3, 0.4) is 0 Å². The van der Waals surface area contributed by atoms with Crippen molar-refractivity contribution in [2.45, 2.75) is 20.0 Å². The first-order chi connectivity index (χ1) is 17.4. The third kappa shape index (κ3) is 5.42. The molecular formula is C25H25N5O5S. The number of rotatable bonds is 9. The Morgan fingerprint density at radius 2 is 1.78 bits per heavy atom. The van der Waals surface area contributed by atoms with Crippen LogP contribution in [0.4, 0.5) is 0 Å². The topological polar surface area (TPSA) is 124 Å². The molecule has 0 fully saturated rings. The SMILES string of the molecule is CNCCOC(=O)c1ccc(Cn2c(=O)c(C)c3sc(C(=O)NCc4ccncc4)cn3c2=O)cc1. The second-order valence-corrected chi connectivity index (χ2v) is 9.07. The molecule has 0 saturated heterocycles. The van der Waals surface area contributed by atoms with Crippen molar-refractivity contribution in [1.29, 1.82) is 0 Å². The number of thiazole rings is 1. The predicted molar refractivity (Wildman–Crippen MR) is 136 cm³/mol. The van der Waals surface area contributed by atoms with E-state index in [1.165, 1.54) is 10.6 Å². The summed E-state index contributed by atoms with van der Waals surface area (Å²) in [6.45, 7) is 2.78. The molecule has 0 spiro atoms. The molecule has 3 heterocycles. The van der Waals surface area contributed by atoms with Crippen LogP contribution in [0.15, 0.2) is 64.6 Å². The Morgan fingerprint density at radius 1 is 1.06 bits per heavy atom. The summed E-state index contributed by atoms with van der Waals surface area (Å²) in [5, 5.41) is 5.71. The second kappa shape index (κ2) is 11.1. The average molecular weight is 508 g/mol. The first-order valence-corrected chi connectivity index (χ1v) is 12.0. The largest absolute Gasteiger partial charge is 0.461 e. The number of nitrogens with one attached hydrogen (secondary N) is 2. The number of hydrogen-bond acceptors (Lipinski definition) is 8. The zero-order valence-electron chi connectivity index (χ0n) is 19.8. The number of aryl methyl sites for hydroxylation is 1. The molecule has 4 aromatic rings. The maximum atomic E-state index is 13.2. The lowest BCUT2D eigenvalue weighted by Gasteiger charge is -2.09. The smallest absolute Gasteiger partial charge is 0.338 e. The molecule has 0 bridgehead atoms. The predicted octanol–water partition coefficient (Wildman–Crippen LogP) is 1.58. The summed E-state index contributed by atoms with van der Waals surface area (Å²) in [6, 6.07) is 10.1. The Kier molecular flexibility index (Phi) is 7.71. The van der Waals surface area contributed by atoms with Gasteiger partial charge in [0.2, 0.25) is 0 Å². The van der Waals surface area contributed by atoms with Crippen molar-refractivity contribution in [3.8, 4) is 0 Å². The van der Waals surface area contributed by atoms with Crippen molar-refractivity contribution < 1.29 is 14.3 Å². The summed E-state index contributed by atoms with van der Waals surface area (Å²) in [7, 11) is 1.77. The molecule has 10 nitrogen and oxygen atoms in total. The molecule has 186 valence electrons. The van der Waals surface area contributed by atoms with Crippen molar-refractivity contribution in [1.82, 2.24) is 24.6 Å². The average Bonchev–Trinajstić information content (AvgIpc) is 3.36. The van der Waals surface area contributed by atoms with E-state index in [4.69, 9.17) is 4.74 Å². The molecular weight excluding hydrogens is 482 g/mol. The fraction of sp³-hybridized carbons (Fsp3) is 0.240. The number of hydrogen-bond donors (Lipinski definition) is 2. The van der Waals surface area contributed by atoms with Gasteiger partial charge >= 0.3 is 11.7 Å². The van der Waals surface area contributed by atoms with E-state index in [0.29, 0.717) is 39.5 Å². The van der Waals surface area contributed by atoms with Gasteiger partial charge in [-0.1, -0.05) is 12.1 Å². The number of nitrogens with zero attached hydrogens (tertiary/aromatic N) is 3. The van der Waals surface area contributed by atoms with Gasteiger partial charge < -0.3 is 15.4 Å². The highest BCUT2D eigenvalue weighted by Crippen LogP contribution is 2.18. The zero-order chi connectivity index (χ0) is 25.7. The van der Waals surface area contributed by atoms with E-state index in [-0.39, 0.29) is 19.1 Å². The van der Waals surface area contributed by atoms with Gasteiger partial charge in [0, 0.05) is 37.2 Å². The van der Waals surface area contributed by atoms with Crippen LogP contribution in [0.2, 0.25) is 0 Å². The number of esters is 1. The van der Waals surface area contributed by atoms with E-state index in [1.54, 1.807) is 62.8 Å². The van der Waals surface area contributed by atoms with E-state index in [0.717, 1.165) is 21.5 Å². The fourth-order valence-electron chi connectivity index (χ4n) is 3.54. The Bertz CT molecular complexity index is 1510. The Balaban J connectivity index is 1.55. The van der Waals surface area contributed by atoms with Crippen LogP contribution in [0.5, 0.6) is 0 Å². The van der Waals surface area contributed by atoms with Gasteiger partial charge in [-0.2, -0.15) is 0 Å². The van der Waals surface area contributed by atoms with Gasteiger partial charge in [-0.25, -0.2) is 9.59 Å². The van der Waals surface area contributed by atoms with Gasteiger partial charge in [-0.3, -0.25) is 23.5 Å². The van der Waals surface area contributed by atoms with Crippen LogP contribution >= 0.6 is 11.3 Å². The molecule has 11 heteroatoms. The molecule has 0 aliphatic heterocycles. The van der Waals surface area contributed by atoms with Crippen LogP contribution in [-0.2, 0) is 17.8 Å². The summed E-state index contributed by atoms with van der Waals surface area (Å²) in [6.07, 6.45) is 4.74. The number of likely N-dealkylation sites (N-methyl/N-ethyl adjacent to an activating group) is 1. The minimum Gasteiger partial charge on any atom is -0.461 e. The zero-order valence-corrected chi connectivity index (χ0v) is 20.6. The third-order valence-corrected chi connectivity index (χ3v) is 6.74. The highest BCUT2D eigenvalue weighted by atomic mass is 32.1. The first-order valence-electron chi connectivity index (χ1n) is 11.2. The van der Waals surface area contributed by atoms with Gasteiger partial charge in [0.15, 0.2) is 0 Å². The van der Waals surface area contributed by atoms with Gasteiger partial charge in [-0.05, 0) is 49.4 Å². The standard InChI is InChI=1S/C25H25N5O5S/c1-16-22(32)29(14-18-3-5-19(6-4-18)24(33)35-12-11-26-2)25(34)30-15-20(36-23(16)30)21(31)28-13-17-7-9-27-10-8-17/h3-10,15,26H,11-14H2,1-2H3,(H,28,31). The lowest BCUT2D eigenvalue weighted by molar-refractivity contribution is 0.0510. The Hall–Kier alpha value is -4.09. The molecule has 0 radical (unpaired) electrons. The van der Waals surface area contributed by atoms with Crippen LogP contribution in [-0.4, -0.2) is 46.0 Å². The van der Waals surface area contributed by atoms with Crippen LogP contribution in [0.1, 0.15) is 36.7 Å². The summed E-state index contributed by atoms with van der Waals surface area (Å²) in [5.74, 6) is -0.783. The molecule has 4 rings (SSSR count). The van der Waals surface area contributed by atoms with E-state index in [1.807, 2.05) is 0 Å². The number of ether oxygens (including phenoxy) is 1. The lowest BCUT2D eigenvalue weighted by atomic mass is 10.1. The van der Waals surface area contributed by atoms with Crippen molar-refractivity contribution in [3.63, 3.8) is 0 Å². The van der Waals surface area contributed by atoms with Crippen molar-refractivity contribution in [2.75, 3.05) is 20.2 Å². The number of aromatic nitrogens is 3. The summed E-state index contributed by atoms with van der Waals surface area (Å²) in [4.78, 5) is 55.6. The van der Waals surface area contributed by atoms with Gasteiger partial charge in [-0.15, -0.1) is 11.3 Å². The quantitative estimate of drug-likeness (QED) is 0.260. The van der Waals surface area contributed by atoms with Crippen molar-refractivity contribution in [3.05, 3.63) is 103 Å². The van der Waals surface area contributed by atoms with Crippen molar-refractivity contribution in [2.24, 2.45) is 0 Å². The van der Waals surface area contributed by atoms with E-state index < -0.39 is 17.2 Å². The molecule has 1 aromatic carbocycles. The first kappa shape index (κ1) is 25.0. The maximum Gasteiger partial charge on any atom is 0.338 e. The second-order valence-electron chi connectivity index (χ2n) is 8.04. The van der Waals surface area contributed by atoms with E-state index in [2.05, 4.69) is 15.6 Å². The number of carbonyl (C=O) groups is 2. The summed E-state index contributed by atoms with van der Waals surface area (Å²) >= 11 is 1.09. The van der Waals surface area contributed by atoms with E-state index >= 15 is 0 Å². The lowest BCUT2D eigenvalue weighted by Crippen LogP contribution is -2.38. The molecule has 0 aliphatic rings. The molecule has 1 amide bonds.